The molecule has 3 nitrogen and oxygen atoms in total. The Bertz CT molecular complexity index is 979. The van der Waals surface area contributed by atoms with Crippen molar-refractivity contribution >= 4 is 0 Å². The topological polar surface area (TPSA) is 38.7 Å². The number of fused-ring (bicyclic) bond motifs is 2. The van der Waals surface area contributed by atoms with Gasteiger partial charge in [0.1, 0.15) is 0 Å². The third-order valence-electron chi connectivity index (χ3n) is 6.65. The van der Waals surface area contributed by atoms with Gasteiger partial charge in [0.05, 0.1) is 12.2 Å². The maximum absolute atomic E-state index is 13.6. The lowest BCUT2D eigenvalue weighted by atomic mass is 9.98. The number of phenols is 1. The summed E-state index contributed by atoms with van der Waals surface area (Å²) in [7, 11) is 0. The average molecular weight is 497 g/mol. The van der Waals surface area contributed by atoms with Crippen molar-refractivity contribution in [1.82, 2.24) is 0 Å². The van der Waals surface area contributed by atoms with Crippen molar-refractivity contribution in [2.24, 2.45) is 0 Å². The van der Waals surface area contributed by atoms with Crippen LogP contribution in [0.4, 0.5) is 17.6 Å². The highest BCUT2D eigenvalue weighted by Gasteiger charge is 2.27. The quantitative estimate of drug-likeness (QED) is 0.296. The molecule has 2 unspecified atom stereocenters. The minimum atomic E-state index is -1.22. The van der Waals surface area contributed by atoms with Crippen LogP contribution in [0.5, 0.6) is 17.2 Å². The monoisotopic (exact) mass is 496 g/mol. The van der Waals surface area contributed by atoms with Gasteiger partial charge in [-0.3, -0.25) is 0 Å². The Morgan fingerprint density at radius 1 is 0.743 bits per heavy atom. The highest BCUT2D eigenvalue weighted by molar-refractivity contribution is 5.43. The normalized spacial score (nSPS) is 18.5. The number of hydrogen-bond acceptors (Lipinski definition) is 3. The van der Waals surface area contributed by atoms with Crippen LogP contribution >= 0.6 is 0 Å². The molecule has 2 atom stereocenters. The third kappa shape index (κ3) is 7.05. The largest absolute Gasteiger partial charge is 0.505 e. The molecule has 0 fully saturated rings. The van der Waals surface area contributed by atoms with E-state index in [4.69, 9.17) is 9.47 Å². The predicted molar refractivity (Wildman–Crippen MR) is 128 cm³/mol. The number of unbranched alkanes of at least 4 members (excludes halogenated alkanes) is 4. The van der Waals surface area contributed by atoms with Crippen LogP contribution in [0, 0.1) is 23.3 Å². The summed E-state index contributed by atoms with van der Waals surface area (Å²) in [6, 6.07) is 4.06. The summed E-state index contributed by atoms with van der Waals surface area (Å²) < 4.78 is 64.6. The molecule has 0 saturated carbocycles. The van der Waals surface area contributed by atoms with Crippen LogP contribution in [0.1, 0.15) is 89.2 Å². The second-order valence-corrected chi connectivity index (χ2v) is 9.41. The highest BCUT2D eigenvalue weighted by atomic mass is 19.2. The fraction of sp³-hybridized carbons (Fsp3) is 0.571. The number of aromatic hydroxyl groups is 1. The summed E-state index contributed by atoms with van der Waals surface area (Å²) in [6.07, 6.45) is 11.6. The van der Waals surface area contributed by atoms with E-state index < -0.39 is 29.0 Å². The molecular formula is C28H36F4O3. The predicted octanol–water partition coefficient (Wildman–Crippen LogP) is 8.18. The zero-order valence-corrected chi connectivity index (χ0v) is 20.6. The molecule has 0 radical (unpaired) electrons. The fourth-order valence-electron chi connectivity index (χ4n) is 4.59. The Kier molecular flexibility index (Phi) is 10.1. The van der Waals surface area contributed by atoms with Gasteiger partial charge < -0.3 is 14.6 Å². The molecule has 0 saturated heterocycles. The Labute approximate surface area is 205 Å². The van der Waals surface area contributed by atoms with E-state index in [9.17, 15) is 22.7 Å². The van der Waals surface area contributed by atoms with Gasteiger partial charge in [0.25, 0.3) is 0 Å². The van der Waals surface area contributed by atoms with Crippen molar-refractivity contribution in [3.05, 3.63) is 52.6 Å². The number of benzene rings is 2. The number of hydrogen-bond donors (Lipinski definition) is 1. The molecule has 7 heteroatoms. The molecule has 0 aromatic heterocycles. The van der Waals surface area contributed by atoms with Crippen LogP contribution in [0.25, 0.3) is 0 Å². The molecule has 2 aromatic carbocycles. The van der Waals surface area contributed by atoms with Crippen LogP contribution in [-0.4, -0.2) is 17.3 Å². The van der Waals surface area contributed by atoms with E-state index in [1.807, 2.05) is 0 Å². The van der Waals surface area contributed by atoms with Crippen LogP contribution in [0.15, 0.2) is 18.2 Å². The Morgan fingerprint density at radius 2 is 1.29 bits per heavy atom. The van der Waals surface area contributed by atoms with Gasteiger partial charge in [0.2, 0.25) is 17.5 Å². The molecule has 2 heterocycles. The molecule has 1 N–H and O–H groups in total. The van der Waals surface area contributed by atoms with E-state index in [-0.39, 0.29) is 23.7 Å². The van der Waals surface area contributed by atoms with Crippen molar-refractivity contribution in [3.8, 4) is 17.2 Å². The molecule has 0 bridgehead atoms. The van der Waals surface area contributed by atoms with Gasteiger partial charge in [-0.15, -0.1) is 0 Å². The second kappa shape index (κ2) is 13.0. The molecular weight excluding hydrogens is 460 g/mol. The smallest absolute Gasteiger partial charge is 0.204 e. The minimum Gasteiger partial charge on any atom is -0.505 e. The van der Waals surface area contributed by atoms with E-state index in [0.717, 1.165) is 69.8 Å². The highest BCUT2D eigenvalue weighted by Crippen LogP contribution is 2.37. The van der Waals surface area contributed by atoms with Crippen molar-refractivity contribution in [3.63, 3.8) is 0 Å². The van der Waals surface area contributed by atoms with Crippen LogP contribution in [0.2, 0.25) is 0 Å². The van der Waals surface area contributed by atoms with Crippen LogP contribution in [-0.2, 0) is 12.8 Å². The van der Waals surface area contributed by atoms with Crippen molar-refractivity contribution < 1.29 is 32.1 Å². The Hall–Kier alpha value is -2.44. The first-order valence-electron chi connectivity index (χ1n) is 12.9. The first kappa shape index (κ1) is 27.2. The van der Waals surface area contributed by atoms with E-state index in [1.165, 1.54) is 18.6 Å². The maximum Gasteiger partial charge on any atom is 0.204 e. The number of rotatable bonds is 8. The Balaban J connectivity index is 0.000000196. The lowest BCUT2D eigenvalue weighted by molar-refractivity contribution is 0.150. The van der Waals surface area contributed by atoms with Crippen molar-refractivity contribution in [2.75, 3.05) is 0 Å². The van der Waals surface area contributed by atoms with Gasteiger partial charge >= 0.3 is 0 Å². The first-order chi connectivity index (χ1) is 16.8. The summed E-state index contributed by atoms with van der Waals surface area (Å²) in [5, 5.41) is 9.22. The standard InChI is InChI=1S/C14H18F2O2.C14H18F2O/c1-2-3-4-5-10-7-6-9-8-11(17)12(15)13(16)14(9)18-10;1-2-3-4-5-11-8-6-10-7-9-12(15)13(16)14(10)17-11/h8,10,17H,2-7H2,1H3;7,9,11H,2-6,8H2,1H3. The molecule has 0 amide bonds. The summed E-state index contributed by atoms with van der Waals surface area (Å²) in [5.74, 6) is -4.45. The summed E-state index contributed by atoms with van der Waals surface area (Å²) in [5.41, 5.74) is 1.34. The minimum absolute atomic E-state index is 0.0157. The van der Waals surface area contributed by atoms with E-state index in [0.29, 0.717) is 12.0 Å². The fourth-order valence-corrected chi connectivity index (χ4v) is 4.59. The molecule has 0 aliphatic carbocycles. The van der Waals surface area contributed by atoms with Gasteiger partial charge in [0, 0.05) is 5.56 Å². The number of halogens is 4. The third-order valence-corrected chi connectivity index (χ3v) is 6.65. The molecule has 194 valence electrons. The van der Waals surface area contributed by atoms with Crippen molar-refractivity contribution in [1.29, 1.82) is 0 Å². The SMILES string of the molecule is CCCCCC1CCc2cc(O)c(F)c(F)c2O1.CCCCCC1CCc2ccc(F)c(F)c2O1. The summed E-state index contributed by atoms with van der Waals surface area (Å²) in [6.45, 7) is 4.26. The number of aryl methyl sites for hydroxylation is 2. The lowest BCUT2D eigenvalue weighted by Gasteiger charge is -2.26. The maximum atomic E-state index is 13.6. The average Bonchev–Trinajstić information content (AvgIpc) is 2.86. The van der Waals surface area contributed by atoms with Crippen molar-refractivity contribution in [2.45, 2.75) is 103 Å². The van der Waals surface area contributed by atoms with E-state index >= 15 is 0 Å². The van der Waals surface area contributed by atoms with E-state index in [2.05, 4.69) is 13.8 Å². The van der Waals surface area contributed by atoms with Gasteiger partial charge in [-0.2, -0.15) is 13.2 Å². The number of phenolic OH excluding ortho intramolecular Hbond substituents is 1. The zero-order valence-electron chi connectivity index (χ0n) is 20.6. The van der Waals surface area contributed by atoms with Gasteiger partial charge in [-0.05, 0) is 69.1 Å². The van der Waals surface area contributed by atoms with Crippen LogP contribution in [0.3, 0.4) is 0 Å². The van der Waals surface area contributed by atoms with E-state index in [1.54, 1.807) is 6.07 Å². The molecule has 0 spiro atoms. The molecule has 2 aromatic rings. The van der Waals surface area contributed by atoms with Gasteiger partial charge in [-0.1, -0.05) is 45.6 Å². The molecule has 2 aliphatic heterocycles. The van der Waals surface area contributed by atoms with Crippen LogP contribution < -0.4 is 9.47 Å². The zero-order chi connectivity index (χ0) is 25.4. The van der Waals surface area contributed by atoms with Gasteiger partial charge in [-0.25, -0.2) is 4.39 Å². The van der Waals surface area contributed by atoms with Gasteiger partial charge in [0.15, 0.2) is 23.1 Å². The first-order valence-corrected chi connectivity index (χ1v) is 12.9. The molecule has 4 rings (SSSR count). The molecule has 2 aliphatic rings. The Morgan fingerprint density at radius 3 is 1.86 bits per heavy atom. The molecule has 35 heavy (non-hydrogen) atoms. The number of ether oxygens (including phenoxy) is 2. The lowest BCUT2D eigenvalue weighted by Crippen LogP contribution is -2.23. The second-order valence-electron chi connectivity index (χ2n) is 9.41. The summed E-state index contributed by atoms with van der Waals surface area (Å²) in [4.78, 5) is 0. The summed E-state index contributed by atoms with van der Waals surface area (Å²) >= 11 is 0.